The largest absolute Gasteiger partial charge is 0.480 e. The van der Waals surface area contributed by atoms with Gasteiger partial charge in [0.15, 0.2) is 18.2 Å². The molecular formula is C13H13Cl2N3O3. The maximum Gasteiger partial charge on any atom is 0.263 e. The molecule has 2 aromatic heterocycles. The first-order valence-electron chi connectivity index (χ1n) is 6.06. The topological polar surface area (TPSA) is 77.2 Å². The zero-order valence-corrected chi connectivity index (χ0v) is 13.2. The predicted molar refractivity (Wildman–Crippen MR) is 79.1 cm³/mol. The molecule has 0 spiro atoms. The number of carbonyl (C=O) groups is 1. The van der Waals surface area contributed by atoms with Crippen LogP contribution in [-0.2, 0) is 4.79 Å². The summed E-state index contributed by atoms with van der Waals surface area (Å²) < 4.78 is 10.2. The summed E-state index contributed by atoms with van der Waals surface area (Å²) in [5.41, 5.74) is 1.17. The van der Waals surface area contributed by atoms with Crippen molar-refractivity contribution in [2.24, 2.45) is 0 Å². The summed E-state index contributed by atoms with van der Waals surface area (Å²) in [6.45, 7) is 4.93. The van der Waals surface area contributed by atoms with E-state index in [0.717, 1.165) is 0 Å². The van der Waals surface area contributed by atoms with Gasteiger partial charge >= 0.3 is 0 Å². The predicted octanol–water partition coefficient (Wildman–Crippen LogP) is 3.32. The Labute approximate surface area is 131 Å². The van der Waals surface area contributed by atoms with Crippen molar-refractivity contribution >= 4 is 34.9 Å². The van der Waals surface area contributed by atoms with E-state index in [-0.39, 0.29) is 22.4 Å². The van der Waals surface area contributed by atoms with E-state index in [4.69, 9.17) is 32.5 Å². The number of aryl methyl sites for hydroxylation is 3. The number of amides is 1. The average Bonchev–Trinajstić information content (AvgIpc) is 2.82. The molecule has 112 valence electrons. The minimum Gasteiger partial charge on any atom is -0.480 e. The smallest absolute Gasteiger partial charge is 0.263 e. The lowest BCUT2D eigenvalue weighted by atomic mass is 10.3. The van der Waals surface area contributed by atoms with Crippen molar-refractivity contribution in [3.05, 3.63) is 33.3 Å². The van der Waals surface area contributed by atoms with Crippen LogP contribution < -0.4 is 10.1 Å². The number of anilines is 1. The number of carbonyl (C=O) groups excluding carboxylic acids is 1. The highest BCUT2D eigenvalue weighted by molar-refractivity contribution is 6.37. The number of nitrogens with zero attached hydrogens (tertiary/aromatic N) is 2. The first-order valence-corrected chi connectivity index (χ1v) is 6.82. The molecule has 0 saturated heterocycles. The number of hydrogen-bond donors (Lipinski definition) is 1. The quantitative estimate of drug-likeness (QED) is 0.930. The van der Waals surface area contributed by atoms with Gasteiger partial charge in [-0.3, -0.25) is 9.78 Å². The Morgan fingerprint density at radius 3 is 2.43 bits per heavy atom. The van der Waals surface area contributed by atoms with Gasteiger partial charge in [0.1, 0.15) is 15.8 Å². The normalized spacial score (nSPS) is 10.5. The van der Waals surface area contributed by atoms with Gasteiger partial charge in [0.05, 0.1) is 11.4 Å². The molecule has 0 fully saturated rings. The number of pyridine rings is 1. The minimum absolute atomic E-state index is 0.245. The number of nitrogens with one attached hydrogen (secondary N) is 1. The minimum atomic E-state index is -0.400. The van der Waals surface area contributed by atoms with Crippen molar-refractivity contribution in [2.45, 2.75) is 20.8 Å². The average molecular weight is 330 g/mol. The lowest BCUT2D eigenvalue weighted by molar-refractivity contribution is -0.118. The summed E-state index contributed by atoms with van der Waals surface area (Å²) in [4.78, 5) is 15.9. The third kappa shape index (κ3) is 3.65. The molecule has 1 N–H and O–H groups in total. The van der Waals surface area contributed by atoms with Crippen LogP contribution in [0.2, 0.25) is 10.0 Å². The van der Waals surface area contributed by atoms with Crippen LogP contribution in [0.5, 0.6) is 5.75 Å². The molecule has 6 nitrogen and oxygen atoms in total. The van der Waals surface area contributed by atoms with Gasteiger partial charge < -0.3 is 14.6 Å². The highest BCUT2D eigenvalue weighted by Gasteiger charge is 2.16. The fourth-order valence-electron chi connectivity index (χ4n) is 1.64. The molecule has 0 unspecified atom stereocenters. The van der Waals surface area contributed by atoms with E-state index in [0.29, 0.717) is 23.0 Å². The van der Waals surface area contributed by atoms with Gasteiger partial charge in [0.25, 0.3) is 5.91 Å². The Bertz CT molecular complexity index is 659. The Balaban J connectivity index is 2.04. The van der Waals surface area contributed by atoms with Crippen molar-refractivity contribution in [1.82, 2.24) is 10.1 Å². The molecule has 2 heterocycles. The first kappa shape index (κ1) is 15.6. The Kier molecular flexibility index (Phi) is 4.69. The monoisotopic (exact) mass is 329 g/mol. The highest BCUT2D eigenvalue weighted by atomic mass is 35.5. The third-order valence-corrected chi connectivity index (χ3v) is 3.50. The van der Waals surface area contributed by atoms with Crippen LogP contribution in [-0.4, -0.2) is 22.7 Å². The fraction of sp³-hybridized carbons (Fsp3) is 0.308. The molecule has 21 heavy (non-hydrogen) atoms. The Morgan fingerprint density at radius 2 is 1.90 bits per heavy atom. The van der Waals surface area contributed by atoms with Gasteiger partial charge in [-0.2, -0.15) is 0 Å². The molecule has 0 aliphatic carbocycles. The molecule has 0 aliphatic rings. The molecule has 2 aromatic rings. The molecule has 0 radical (unpaired) electrons. The van der Waals surface area contributed by atoms with E-state index in [9.17, 15) is 4.79 Å². The molecule has 1 amide bonds. The van der Waals surface area contributed by atoms with E-state index in [1.807, 2.05) is 0 Å². The molecule has 0 saturated carbocycles. The van der Waals surface area contributed by atoms with Gasteiger partial charge in [-0.05, 0) is 20.8 Å². The molecule has 0 bridgehead atoms. The molecule has 8 heteroatoms. The third-order valence-electron chi connectivity index (χ3n) is 2.61. The SMILES string of the molecule is Cc1cc(NC(=O)COc2c(Cl)c(C)nc(C)c2Cl)no1. The van der Waals surface area contributed by atoms with Crippen LogP contribution >= 0.6 is 23.2 Å². The van der Waals surface area contributed by atoms with Crippen LogP contribution in [0.3, 0.4) is 0 Å². The highest BCUT2D eigenvalue weighted by Crippen LogP contribution is 2.36. The molecule has 0 atom stereocenters. The first-order chi connectivity index (χ1) is 9.88. The number of ether oxygens (including phenoxy) is 1. The number of halogens is 2. The lowest BCUT2D eigenvalue weighted by Crippen LogP contribution is -2.20. The van der Waals surface area contributed by atoms with Crippen molar-refractivity contribution in [3.8, 4) is 5.75 Å². The van der Waals surface area contributed by atoms with Crippen molar-refractivity contribution in [2.75, 3.05) is 11.9 Å². The van der Waals surface area contributed by atoms with E-state index < -0.39 is 5.91 Å². The van der Waals surface area contributed by atoms with E-state index >= 15 is 0 Å². The number of rotatable bonds is 4. The second-order valence-electron chi connectivity index (χ2n) is 4.40. The fourth-order valence-corrected chi connectivity index (χ4v) is 2.07. The molecule has 0 aliphatic heterocycles. The van der Waals surface area contributed by atoms with Crippen LogP contribution in [0.25, 0.3) is 0 Å². The number of aromatic nitrogens is 2. The summed E-state index contributed by atoms with van der Waals surface area (Å²) in [6, 6.07) is 1.60. The summed E-state index contributed by atoms with van der Waals surface area (Å²) in [5.74, 6) is 0.760. The molecule has 0 aromatic carbocycles. The standard InChI is InChI=1S/C13H13Cl2N3O3/c1-6-4-9(18-21-6)17-10(19)5-20-13-11(14)7(2)16-8(3)12(13)15/h4H,5H2,1-3H3,(H,17,18,19). The van der Waals surface area contributed by atoms with Gasteiger partial charge in [-0.25, -0.2) is 0 Å². The zero-order valence-electron chi connectivity index (χ0n) is 11.7. The van der Waals surface area contributed by atoms with Gasteiger partial charge in [0.2, 0.25) is 0 Å². The lowest BCUT2D eigenvalue weighted by Gasteiger charge is -2.12. The Morgan fingerprint density at radius 1 is 1.29 bits per heavy atom. The van der Waals surface area contributed by atoms with E-state index in [2.05, 4.69) is 15.5 Å². The summed E-state index contributed by atoms with van der Waals surface area (Å²) in [5, 5.41) is 6.76. The van der Waals surface area contributed by atoms with E-state index in [1.54, 1.807) is 26.8 Å². The van der Waals surface area contributed by atoms with E-state index in [1.165, 1.54) is 0 Å². The van der Waals surface area contributed by atoms with Crippen LogP contribution in [0, 0.1) is 20.8 Å². The van der Waals surface area contributed by atoms with Crippen LogP contribution in [0.1, 0.15) is 17.1 Å². The Hall–Kier alpha value is -1.79. The van der Waals surface area contributed by atoms with Crippen molar-refractivity contribution in [3.63, 3.8) is 0 Å². The second kappa shape index (κ2) is 6.32. The van der Waals surface area contributed by atoms with Crippen LogP contribution in [0.4, 0.5) is 5.82 Å². The van der Waals surface area contributed by atoms with Gasteiger partial charge in [-0.1, -0.05) is 28.4 Å². The maximum atomic E-state index is 11.8. The summed E-state index contributed by atoms with van der Waals surface area (Å²) >= 11 is 12.2. The summed E-state index contributed by atoms with van der Waals surface area (Å²) in [7, 11) is 0. The van der Waals surface area contributed by atoms with Gasteiger partial charge in [-0.15, -0.1) is 0 Å². The molecular weight excluding hydrogens is 317 g/mol. The zero-order chi connectivity index (χ0) is 15.6. The maximum absolute atomic E-state index is 11.8. The van der Waals surface area contributed by atoms with Gasteiger partial charge in [0, 0.05) is 6.07 Å². The number of hydrogen-bond acceptors (Lipinski definition) is 5. The van der Waals surface area contributed by atoms with Crippen LogP contribution in [0.15, 0.2) is 10.6 Å². The van der Waals surface area contributed by atoms with Crippen molar-refractivity contribution in [1.29, 1.82) is 0 Å². The molecule has 2 rings (SSSR count). The second-order valence-corrected chi connectivity index (χ2v) is 5.16. The van der Waals surface area contributed by atoms with Crippen molar-refractivity contribution < 1.29 is 14.1 Å². The summed E-state index contributed by atoms with van der Waals surface area (Å²) in [6.07, 6.45) is 0.